The second-order valence-corrected chi connectivity index (χ2v) is 6.98. The molecule has 1 heterocycles. The largest absolute Gasteiger partial charge is 0.492 e. The van der Waals surface area contributed by atoms with E-state index in [0.29, 0.717) is 19.7 Å². The van der Waals surface area contributed by atoms with Crippen molar-refractivity contribution in [2.45, 2.75) is 51.2 Å². The van der Waals surface area contributed by atoms with Crippen LogP contribution in [0.25, 0.3) is 0 Å². The highest BCUT2D eigenvalue weighted by Crippen LogP contribution is 2.25. The molecule has 0 saturated carbocycles. The molecule has 5 heteroatoms. The number of hydrogen-bond acceptors (Lipinski definition) is 4. The topological polar surface area (TPSA) is 73.6 Å². The Balaban J connectivity index is 1.72. The van der Waals surface area contributed by atoms with Gasteiger partial charge in [-0.1, -0.05) is 32.9 Å². The van der Waals surface area contributed by atoms with Crippen LogP contribution in [0.1, 0.15) is 39.2 Å². The second-order valence-electron chi connectivity index (χ2n) is 6.98. The summed E-state index contributed by atoms with van der Waals surface area (Å²) < 4.78 is 11.3. The Labute approximate surface area is 138 Å². The summed E-state index contributed by atoms with van der Waals surface area (Å²) in [5.41, 5.74) is 6.87. The molecule has 128 valence electrons. The van der Waals surface area contributed by atoms with E-state index in [0.717, 1.165) is 18.6 Å². The Bertz CT molecular complexity index is 525. The zero-order chi connectivity index (χ0) is 16.9. The Morgan fingerprint density at radius 3 is 2.83 bits per heavy atom. The average molecular weight is 320 g/mol. The number of hydrogen-bond donors (Lipinski definition) is 2. The molecule has 0 spiro atoms. The molecule has 0 aromatic heterocycles. The molecule has 1 aliphatic rings. The lowest BCUT2D eigenvalue weighted by molar-refractivity contribution is -0.131. The first-order chi connectivity index (χ1) is 10.9. The van der Waals surface area contributed by atoms with Crippen molar-refractivity contribution in [2.75, 3.05) is 19.7 Å². The lowest BCUT2D eigenvalue weighted by Gasteiger charge is -2.20. The normalized spacial score (nSPS) is 21.2. The van der Waals surface area contributed by atoms with E-state index in [9.17, 15) is 4.79 Å². The number of rotatable bonds is 6. The summed E-state index contributed by atoms with van der Waals surface area (Å²) in [6.45, 7) is 7.88. The number of ether oxygens (including phenoxy) is 2. The van der Waals surface area contributed by atoms with Gasteiger partial charge in [0.2, 0.25) is 5.91 Å². The van der Waals surface area contributed by atoms with Gasteiger partial charge in [0.25, 0.3) is 0 Å². The van der Waals surface area contributed by atoms with Crippen molar-refractivity contribution in [1.82, 2.24) is 5.32 Å². The SMILES string of the molecule is CC(C)(C)c1cccc(OCCNC(=O)[C@@H]2CC[C@H](CN)O2)c1. The quantitative estimate of drug-likeness (QED) is 0.786. The summed E-state index contributed by atoms with van der Waals surface area (Å²) in [5, 5.41) is 2.85. The maximum absolute atomic E-state index is 12.0. The van der Waals surface area contributed by atoms with Crippen LogP contribution in [0.2, 0.25) is 0 Å². The van der Waals surface area contributed by atoms with E-state index in [2.05, 4.69) is 32.2 Å². The van der Waals surface area contributed by atoms with Gasteiger partial charge in [0.15, 0.2) is 0 Å². The molecule has 2 rings (SSSR count). The smallest absolute Gasteiger partial charge is 0.249 e. The highest BCUT2D eigenvalue weighted by atomic mass is 16.5. The van der Waals surface area contributed by atoms with Gasteiger partial charge in [0, 0.05) is 6.54 Å². The molecule has 0 aliphatic carbocycles. The standard InChI is InChI=1S/C18H28N2O3/c1-18(2,3)13-5-4-6-14(11-13)22-10-9-20-17(21)16-8-7-15(12-19)23-16/h4-6,11,15-16H,7-10,12,19H2,1-3H3,(H,20,21)/t15-,16+/m1/s1. The van der Waals surface area contributed by atoms with Gasteiger partial charge in [0.05, 0.1) is 12.6 Å². The molecule has 1 fully saturated rings. The highest BCUT2D eigenvalue weighted by molar-refractivity contribution is 5.81. The fourth-order valence-electron chi connectivity index (χ4n) is 2.58. The maximum atomic E-state index is 12.0. The Morgan fingerprint density at radius 2 is 2.17 bits per heavy atom. The molecule has 2 atom stereocenters. The van der Waals surface area contributed by atoms with Crippen molar-refractivity contribution >= 4 is 5.91 Å². The van der Waals surface area contributed by atoms with E-state index in [4.69, 9.17) is 15.2 Å². The van der Waals surface area contributed by atoms with Crippen LogP contribution in [-0.4, -0.2) is 37.8 Å². The summed E-state index contributed by atoms with van der Waals surface area (Å²) >= 11 is 0. The van der Waals surface area contributed by atoms with Crippen molar-refractivity contribution in [1.29, 1.82) is 0 Å². The summed E-state index contributed by atoms with van der Waals surface area (Å²) in [5.74, 6) is 0.750. The van der Waals surface area contributed by atoms with Crippen LogP contribution < -0.4 is 15.8 Å². The lowest BCUT2D eigenvalue weighted by Crippen LogP contribution is -2.37. The molecular formula is C18H28N2O3. The van der Waals surface area contributed by atoms with Crippen LogP contribution in [0.4, 0.5) is 0 Å². The van der Waals surface area contributed by atoms with E-state index in [-0.39, 0.29) is 23.5 Å². The van der Waals surface area contributed by atoms with E-state index >= 15 is 0 Å². The Kier molecular flexibility index (Phi) is 6.02. The molecular weight excluding hydrogens is 292 g/mol. The third kappa shape index (κ3) is 5.22. The Hall–Kier alpha value is -1.59. The average Bonchev–Trinajstić information content (AvgIpc) is 3.00. The van der Waals surface area contributed by atoms with Crippen molar-refractivity contribution in [3.8, 4) is 5.75 Å². The lowest BCUT2D eigenvalue weighted by atomic mass is 9.87. The predicted octanol–water partition coefficient (Wildman–Crippen LogP) is 1.99. The van der Waals surface area contributed by atoms with Gasteiger partial charge < -0.3 is 20.5 Å². The van der Waals surface area contributed by atoms with Crippen molar-refractivity contribution < 1.29 is 14.3 Å². The van der Waals surface area contributed by atoms with Gasteiger partial charge in [-0.15, -0.1) is 0 Å². The summed E-state index contributed by atoms with van der Waals surface area (Å²) in [4.78, 5) is 12.0. The fourth-order valence-corrected chi connectivity index (χ4v) is 2.58. The molecule has 1 amide bonds. The van der Waals surface area contributed by atoms with Gasteiger partial charge in [-0.2, -0.15) is 0 Å². The highest BCUT2D eigenvalue weighted by Gasteiger charge is 2.29. The molecule has 0 radical (unpaired) electrons. The number of nitrogens with one attached hydrogen (secondary N) is 1. The molecule has 1 saturated heterocycles. The van der Waals surface area contributed by atoms with Gasteiger partial charge >= 0.3 is 0 Å². The first-order valence-corrected chi connectivity index (χ1v) is 8.26. The molecule has 1 aliphatic heterocycles. The molecule has 23 heavy (non-hydrogen) atoms. The van der Waals surface area contributed by atoms with Crippen molar-refractivity contribution in [2.24, 2.45) is 5.73 Å². The molecule has 5 nitrogen and oxygen atoms in total. The van der Waals surface area contributed by atoms with E-state index in [1.54, 1.807) is 0 Å². The minimum absolute atomic E-state index is 0.0159. The maximum Gasteiger partial charge on any atom is 0.249 e. The number of amides is 1. The molecule has 0 unspecified atom stereocenters. The fraction of sp³-hybridized carbons (Fsp3) is 0.611. The molecule has 1 aromatic rings. The first-order valence-electron chi connectivity index (χ1n) is 8.26. The summed E-state index contributed by atoms with van der Waals surface area (Å²) in [7, 11) is 0. The predicted molar refractivity (Wildman–Crippen MR) is 90.6 cm³/mol. The van der Waals surface area contributed by atoms with E-state index in [1.807, 2.05) is 18.2 Å². The van der Waals surface area contributed by atoms with Crippen LogP contribution in [0.3, 0.4) is 0 Å². The van der Waals surface area contributed by atoms with E-state index in [1.165, 1.54) is 5.56 Å². The first kappa shape index (κ1) is 17.8. The zero-order valence-corrected chi connectivity index (χ0v) is 14.3. The van der Waals surface area contributed by atoms with Gasteiger partial charge in [-0.3, -0.25) is 4.79 Å². The third-order valence-electron chi connectivity index (χ3n) is 4.03. The van der Waals surface area contributed by atoms with Gasteiger partial charge in [0.1, 0.15) is 18.5 Å². The minimum atomic E-state index is -0.368. The van der Waals surface area contributed by atoms with Crippen LogP contribution in [0.15, 0.2) is 24.3 Å². The van der Waals surface area contributed by atoms with Crippen molar-refractivity contribution in [3.05, 3.63) is 29.8 Å². The monoisotopic (exact) mass is 320 g/mol. The summed E-state index contributed by atoms with van der Waals surface area (Å²) in [6, 6.07) is 8.07. The van der Waals surface area contributed by atoms with Crippen LogP contribution in [-0.2, 0) is 14.9 Å². The number of carbonyl (C=O) groups excluding carboxylic acids is 1. The number of benzene rings is 1. The van der Waals surface area contributed by atoms with Gasteiger partial charge in [-0.25, -0.2) is 0 Å². The van der Waals surface area contributed by atoms with Crippen LogP contribution in [0, 0.1) is 0 Å². The Morgan fingerprint density at radius 1 is 1.39 bits per heavy atom. The summed E-state index contributed by atoms with van der Waals surface area (Å²) in [6.07, 6.45) is 1.24. The second kappa shape index (κ2) is 7.79. The van der Waals surface area contributed by atoms with Crippen molar-refractivity contribution in [3.63, 3.8) is 0 Å². The van der Waals surface area contributed by atoms with Gasteiger partial charge in [-0.05, 0) is 36.0 Å². The minimum Gasteiger partial charge on any atom is -0.492 e. The van der Waals surface area contributed by atoms with E-state index < -0.39 is 0 Å². The van der Waals surface area contributed by atoms with Crippen LogP contribution in [0.5, 0.6) is 5.75 Å². The molecule has 3 N–H and O–H groups in total. The number of carbonyl (C=O) groups is 1. The van der Waals surface area contributed by atoms with Crippen LogP contribution >= 0.6 is 0 Å². The third-order valence-corrected chi connectivity index (χ3v) is 4.03. The molecule has 0 bridgehead atoms. The molecule has 1 aromatic carbocycles. The number of nitrogens with two attached hydrogens (primary N) is 1. The zero-order valence-electron chi connectivity index (χ0n) is 14.3.